The minimum absolute atomic E-state index is 0.348. The summed E-state index contributed by atoms with van der Waals surface area (Å²) in [5, 5.41) is 0. The first-order valence-corrected chi connectivity index (χ1v) is 6.44. The lowest BCUT2D eigenvalue weighted by atomic mass is 10.1. The molecule has 1 atom stereocenters. The van der Waals surface area contributed by atoms with E-state index >= 15 is 0 Å². The van der Waals surface area contributed by atoms with Crippen molar-refractivity contribution in [2.24, 2.45) is 5.73 Å². The molecule has 2 rings (SSSR count). The molecule has 96 valence electrons. The van der Waals surface area contributed by atoms with E-state index in [1.807, 2.05) is 13.0 Å². The van der Waals surface area contributed by atoms with Crippen LogP contribution in [0.3, 0.4) is 0 Å². The van der Waals surface area contributed by atoms with Crippen molar-refractivity contribution in [3.05, 3.63) is 53.5 Å². The van der Waals surface area contributed by atoms with Gasteiger partial charge in [0, 0.05) is 16.7 Å². The van der Waals surface area contributed by atoms with Crippen LogP contribution in [0.2, 0.25) is 0 Å². The molecule has 5 heteroatoms. The van der Waals surface area contributed by atoms with Gasteiger partial charge < -0.3 is 10.2 Å². The number of furan rings is 1. The number of halogens is 2. The fourth-order valence-corrected chi connectivity index (χ4v) is 2.50. The Hall–Kier alpha value is -1.33. The first-order valence-electron chi connectivity index (χ1n) is 5.45. The molecule has 1 aromatic heterocycles. The fraction of sp³-hybridized carbons (Fsp3) is 0.231. The van der Waals surface area contributed by atoms with E-state index < -0.39 is 11.6 Å². The zero-order chi connectivity index (χ0) is 13.1. The van der Waals surface area contributed by atoms with Crippen molar-refractivity contribution in [3.8, 4) is 0 Å². The zero-order valence-electron chi connectivity index (χ0n) is 9.82. The SMILES string of the molecule is Cc1occc1SCC(N)c1ccc(F)c(F)c1. The van der Waals surface area contributed by atoms with E-state index in [4.69, 9.17) is 10.2 Å². The minimum atomic E-state index is -0.868. The summed E-state index contributed by atoms with van der Waals surface area (Å²) in [6.45, 7) is 1.87. The van der Waals surface area contributed by atoms with Crippen molar-refractivity contribution < 1.29 is 13.2 Å². The molecule has 1 unspecified atom stereocenters. The Morgan fingerprint density at radius 1 is 1.28 bits per heavy atom. The van der Waals surface area contributed by atoms with Gasteiger partial charge in [0.1, 0.15) is 5.76 Å². The van der Waals surface area contributed by atoms with E-state index in [9.17, 15) is 8.78 Å². The third-order valence-corrected chi connectivity index (χ3v) is 3.86. The van der Waals surface area contributed by atoms with Crippen LogP contribution >= 0.6 is 11.8 Å². The summed E-state index contributed by atoms with van der Waals surface area (Å²) in [7, 11) is 0. The van der Waals surface area contributed by atoms with Crippen LogP contribution in [0.4, 0.5) is 8.78 Å². The number of hydrogen-bond donors (Lipinski definition) is 1. The molecule has 1 aromatic carbocycles. The molecule has 0 aliphatic heterocycles. The number of thioether (sulfide) groups is 1. The van der Waals surface area contributed by atoms with Crippen LogP contribution in [0.5, 0.6) is 0 Å². The molecule has 18 heavy (non-hydrogen) atoms. The molecule has 0 fully saturated rings. The van der Waals surface area contributed by atoms with Crippen LogP contribution < -0.4 is 5.73 Å². The Bertz CT molecular complexity index is 542. The highest BCUT2D eigenvalue weighted by Gasteiger charge is 2.11. The highest BCUT2D eigenvalue weighted by Crippen LogP contribution is 2.27. The molecule has 2 nitrogen and oxygen atoms in total. The maximum absolute atomic E-state index is 13.1. The highest BCUT2D eigenvalue weighted by atomic mass is 32.2. The minimum Gasteiger partial charge on any atom is -0.468 e. The zero-order valence-corrected chi connectivity index (χ0v) is 10.6. The normalized spacial score (nSPS) is 12.7. The molecule has 1 heterocycles. The summed E-state index contributed by atoms with van der Waals surface area (Å²) in [5.41, 5.74) is 6.53. The van der Waals surface area contributed by atoms with Gasteiger partial charge >= 0.3 is 0 Å². The van der Waals surface area contributed by atoms with Crippen LogP contribution in [0.25, 0.3) is 0 Å². The average molecular weight is 269 g/mol. The summed E-state index contributed by atoms with van der Waals surface area (Å²) in [6.07, 6.45) is 1.61. The predicted octanol–water partition coefficient (Wildman–Crippen LogP) is 3.66. The third kappa shape index (κ3) is 2.91. The molecule has 0 radical (unpaired) electrons. The topological polar surface area (TPSA) is 39.2 Å². The van der Waals surface area contributed by atoms with Gasteiger partial charge in [-0.25, -0.2) is 8.78 Å². The molecule has 0 aliphatic rings. The molecule has 0 aliphatic carbocycles. The molecule has 0 spiro atoms. The second-order valence-corrected chi connectivity index (χ2v) is 4.99. The van der Waals surface area contributed by atoms with Crippen molar-refractivity contribution in [2.45, 2.75) is 17.9 Å². The monoisotopic (exact) mass is 269 g/mol. The molecular weight excluding hydrogens is 256 g/mol. The van der Waals surface area contributed by atoms with Gasteiger partial charge in [-0.15, -0.1) is 11.8 Å². The van der Waals surface area contributed by atoms with E-state index in [2.05, 4.69) is 0 Å². The Morgan fingerprint density at radius 2 is 2.06 bits per heavy atom. The quantitative estimate of drug-likeness (QED) is 0.861. The number of benzene rings is 1. The average Bonchev–Trinajstić information content (AvgIpc) is 2.75. The Morgan fingerprint density at radius 3 is 2.67 bits per heavy atom. The summed E-state index contributed by atoms with van der Waals surface area (Å²) < 4.78 is 31.0. The Labute approximate surface area is 108 Å². The van der Waals surface area contributed by atoms with Crippen molar-refractivity contribution in [1.82, 2.24) is 0 Å². The van der Waals surface area contributed by atoms with Gasteiger partial charge in [0.15, 0.2) is 11.6 Å². The van der Waals surface area contributed by atoms with Crippen LogP contribution in [-0.2, 0) is 0 Å². The summed E-state index contributed by atoms with van der Waals surface area (Å²) in [5.74, 6) is -0.319. The Kier molecular flexibility index (Phi) is 4.04. The van der Waals surface area contributed by atoms with Crippen LogP contribution in [-0.4, -0.2) is 5.75 Å². The number of hydrogen-bond acceptors (Lipinski definition) is 3. The van der Waals surface area contributed by atoms with Gasteiger partial charge in [0.05, 0.1) is 6.26 Å². The van der Waals surface area contributed by atoms with Gasteiger partial charge in [0.25, 0.3) is 0 Å². The van der Waals surface area contributed by atoms with E-state index in [1.165, 1.54) is 17.8 Å². The summed E-state index contributed by atoms with van der Waals surface area (Å²) >= 11 is 1.53. The molecule has 0 saturated carbocycles. The van der Waals surface area contributed by atoms with E-state index in [0.717, 1.165) is 22.8 Å². The molecule has 2 aromatic rings. The van der Waals surface area contributed by atoms with Crippen molar-refractivity contribution in [2.75, 3.05) is 5.75 Å². The smallest absolute Gasteiger partial charge is 0.159 e. The molecule has 0 bridgehead atoms. The molecular formula is C13H13F2NOS. The summed E-state index contributed by atoms with van der Waals surface area (Å²) in [4.78, 5) is 1.01. The second kappa shape index (κ2) is 5.54. The lowest BCUT2D eigenvalue weighted by Crippen LogP contribution is -2.13. The molecule has 0 amide bonds. The van der Waals surface area contributed by atoms with Crippen molar-refractivity contribution in [3.63, 3.8) is 0 Å². The van der Waals surface area contributed by atoms with Gasteiger partial charge in [-0.1, -0.05) is 6.07 Å². The number of nitrogens with two attached hydrogens (primary N) is 1. The fourth-order valence-electron chi connectivity index (χ4n) is 1.54. The lowest BCUT2D eigenvalue weighted by Gasteiger charge is -2.11. The van der Waals surface area contributed by atoms with Gasteiger partial charge in [-0.05, 0) is 30.7 Å². The first-order chi connectivity index (χ1) is 8.58. The van der Waals surface area contributed by atoms with E-state index in [0.29, 0.717) is 11.3 Å². The number of aryl methyl sites for hydroxylation is 1. The largest absolute Gasteiger partial charge is 0.468 e. The molecule has 0 saturated heterocycles. The van der Waals surface area contributed by atoms with Crippen LogP contribution in [0.1, 0.15) is 17.4 Å². The first kappa shape index (κ1) is 13.1. The van der Waals surface area contributed by atoms with Crippen molar-refractivity contribution >= 4 is 11.8 Å². The number of rotatable bonds is 4. The van der Waals surface area contributed by atoms with E-state index in [1.54, 1.807) is 6.26 Å². The third-order valence-electron chi connectivity index (χ3n) is 2.60. The van der Waals surface area contributed by atoms with Gasteiger partial charge in [-0.3, -0.25) is 0 Å². The predicted molar refractivity (Wildman–Crippen MR) is 67.5 cm³/mol. The molecule has 2 N–H and O–H groups in total. The lowest BCUT2D eigenvalue weighted by molar-refractivity contribution is 0.506. The standard InChI is InChI=1S/C13H13F2NOS/c1-8-13(4-5-17-8)18-7-12(16)9-2-3-10(14)11(15)6-9/h2-6,12H,7,16H2,1H3. The van der Waals surface area contributed by atoms with Crippen LogP contribution in [0, 0.1) is 18.6 Å². The maximum Gasteiger partial charge on any atom is 0.159 e. The Balaban J connectivity index is 2.01. The maximum atomic E-state index is 13.1. The van der Waals surface area contributed by atoms with Gasteiger partial charge in [-0.2, -0.15) is 0 Å². The van der Waals surface area contributed by atoms with Gasteiger partial charge in [0.2, 0.25) is 0 Å². The van der Waals surface area contributed by atoms with Crippen LogP contribution in [0.15, 0.2) is 39.8 Å². The second-order valence-electron chi connectivity index (χ2n) is 3.93. The highest BCUT2D eigenvalue weighted by molar-refractivity contribution is 7.99. The van der Waals surface area contributed by atoms with E-state index in [-0.39, 0.29) is 6.04 Å². The van der Waals surface area contributed by atoms with Crippen molar-refractivity contribution in [1.29, 1.82) is 0 Å². The summed E-state index contributed by atoms with van der Waals surface area (Å²) in [6, 6.07) is 5.25.